The van der Waals surface area contributed by atoms with Crippen LogP contribution in [0.15, 0.2) is 24.5 Å². The number of nitrogens with zero attached hydrogens (tertiary/aromatic N) is 2. The lowest BCUT2D eigenvalue weighted by Crippen LogP contribution is -2.50. The monoisotopic (exact) mass is 410 g/mol. The summed E-state index contributed by atoms with van der Waals surface area (Å²) in [7, 11) is 0. The van der Waals surface area contributed by atoms with Crippen molar-refractivity contribution in [3.8, 4) is 0 Å². The number of aliphatic hydroxyl groups is 1. The summed E-state index contributed by atoms with van der Waals surface area (Å²) in [5.74, 6) is 5.03. The molecular weight excluding hydrogens is 368 g/mol. The molecule has 3 heteroatoms. The lowest BCUT2D eigenvalue weighted by atomic mass is 9.49. The first kappa shape index (κ1) is 20.8. The van der Waals surface area contributed by atoms with E-state index in [2.05, 4.69) is 43.3 Å². The third kappa shape index (κ3) is 3.40. The van der Waals surface area contributed by atoms with Crippen LogP contribution in [0.5, 0.6) is 0 Å². The van der Waals surface area contributed by atoms with Crippen molar-refractivity contribution in [1.82, 2.24) is 9.78 Å². The molecule has 0 radical (unpaired) electrons. The van der Waals surface area contributed by atoms with Gasteiger partial charge in [-0.1, -0.05) is 26.0 Å². The summed E-state index contributed by atoms with van der Waals surface area (Å²) in [4.78, 5) is 0. The molecule has 166 valence electrons. The second-order valence-electron chi connectivity index (χ2n) is 11.9. The molecule has 0 spiro atoms. The maximum absolute atomic E-state index is 10.6. The van der Waals surface area contributed by atoms with Gasteiger partial charge in [-0.3, -0.25) is 4.68 Å². The minimum absolute atomic E-state index is 0.405. The topological polar surface area (TPSA) is 38.0 Å². The fourth-order valence-electron chi connectivity index (χ4n) is 8.75. The SMILES string of the molecule is C=C(Cn1cc(CC)cn1)[C@H]1CC[C@H]2[C@@H]3CC[C@@H]4C[C@](C)(O)CC[C@@H]4[C@H]3CC[C@]12C. The molecule has 0 aliphatic heterocycles. The quantitative estimate of drug-likeness (QED) is 0.616. The predicted octanol–water partition coefficient (Wildman–Crippen LogP) is 6.02. The Morgan fingerprint density at radius 1 is 1.10 bits per heavy atom. The molecule has 8 atom stereocenters. The number of aromatic nitrogens is 2. The van der Waals surface area contributed by atoms with Gasteiger partial charge in [-0.25, -0.2) is 0 Å². The fourth-order valence-corrected chi connectivity index (χ4v) is 8.75. The zero-order chi connectivity index (χ0) is 21.1. The summed E-state index contributed by atoms with van der Waals surface area (Å²) >= 11 is 0. The number of aryl methyl sites for hydroxylation is 1. The van der Waals surface area contributed by atoms with Gasteiger partial charge in [0, 0.05) is 6.20 Å². The van der Waals surface area contributed by atoms with Gasteiger partial charge in [-0.2, -0.15) is 5.10 Å². The first-order valence-corrected chi connectivity index (χ1v) is 12.7. The fraction of sp³-hybridized carbons (Fsp3) is 0.815. The van der Waals surface area contributed by atoms with Crippen LogP contribution in [0.4, 0.5) is 0 Å². The maximum atomic E-state index is 10.6. The van der Waals surface area contributed by atoms with Crippen LogP contribution in [0.25, 0.3) is 0 Å². The molecule has 4 saturated carbocycles. The highest BCUT2D eigenvalue weighted by Crippen LogP contribution is 2.65. The summed E-state index contributed by atoms with van der Waals surface area (Å²) in [6.07, 6.45) is 16.9. The van der Waals surface area contributed by atoms with Gasteiger partial charge in [0.05, 0.1) is 18.3 Å². The van der Waals surface area contributed by atoms with E-state index < -0.39 is 5.60 Å². The van der Waals surface area contributed by atoms with Crippen LogP contribution < -0.4 is 0 Å². The van der Waals surface area contributed by atoms with Crippen molar-refractivity contribution in [2.75, 3.05) is 0 Å². The Kier molecular flexibility index (Phi) is 5.20. The van der Waals surface area contributed by atoms with Crippen molar-refractivity contribution in [2.45, 2.75) is 97.1 Å². The van der Waals surface area contributed by atoms with Gasteiger partial charge in [0.25, 0.3) is 0 Å². The number of rotatable bonds is 4. The molecule has 0 unspecified atom stereocenters. The van der Waals surface area contributed by atoms with Gasteiger partial charge in [0.15, 0.2) is 0 Å². The van der Waals surface area contributed by atoms with E-state index in [1.165, 1.54) is 56.1 Å². The van der Waals surface area contributed by atoms with E-state index in [9.17, 15) is 5.11 Å². The molecule has 0 aromatic carbocycles. The summed E-state index contributed by atoms with van der Waals surface area (Å²) in [6, 6.07) is 0. The van der Waals surface area contributed by atoms with Gasteiger partial charge < -0.3 is 5.11 Å². The highest BCUT2D eigenvalue weighted by Gasteiger charge is 2.57. The van der Waals surface area contributed by atoms with Gasteiger partial charge in [0.1, 0.15) is 0 Å². The van der Waals surface area contributed by atoms with Crippen LogP contribution in [0, 0.1) is 40.9 Å². The molecule has 1 heterocycles. The lowest BCUT2D eigenvalue weighted by Gasteiger charge is -2.57. The predicted molar refractivity (Wildman–Crippen MR) is 122 cm³/mol. The Bertz CT molecular complexity index is 795. The molecule has 0 saturated heterocycles. The lowest BCUT2D eigenvalue weighted by molar-refractivity contribution is -0.0979. The number of hydrogen-bond acceptors (Lipinski definition) is 2. The van der Waals surface area contributed by atoms with Crippen LogP contribution >= 0.6 is 0 Å². The van der Waals surface area contributed by atoms with Crippen LogP contribution in [-0.2, 0) is 13.0 Å². The van der Waals surface area contributed by atoms with E-state index in [-0.39, 0.29) is 0 Å². The molecule has 3 nitrogen and oxygen atoms in total. The first-order valence-electron chi connectivity index (χ1n) is 12.7. The van der Waals surface area contributed by atoms with Crippen LogP contribution in [0.1, 0.15) is 84.1 Å². The highest BCUT2D eigenvalue weighted by atomic mass is 16.3. The zero-order valence-electron chi connectivity index (χ0n) is 19.4. The maximum Gasteiger partial charge on any atom is 0.0622 e. The van der Waals surface area contributed by atoms with E-state index in [1.807, 2.05) is 6.20 Å². The standard InChI is InChI=1S/C27H42N2O/c1-5-19-15-28-29(17-19)16-18(2)24-8-9-25-23-7-6-20-14-26(3,30)12-10-21(20)22(23)11-13-27(24,25)4/h15,17,20-25,30H,2,5-14,16H2,1,3-4H3/t20-,21+,22-,23-,24-,25+,26-,27-/m1/s1. The Hall–Kier alpha value is -1.09. The summed E-state index contributed by atoms with van der Waals surface area (Å²) in [5.41, 5.74) is 2.76. The average molecular weight is 411 g/mol. The smallest absolute Gasteiger partial charge is 0.0622 e. The van der Waals surface area contributed by atoms with E-state index in [0.29, 0.717) is 11.3 Å². The van der Waals surface area contributed by atoms with Crippen molar-refractivity contribution in [3.63, 3.8) is 0 Å². The van der Waals surface area contributed by atoms with E-state index in [1.54, 1.807) is 0 Å². The van der Waals surface area contributed by atoms with E-state index in [4.69, 9.17) is 0 Å². The van der Waals surface area contributed by atoms with E-state index >= 15 is 0 Å². The van der Waals surface area contributed by atoms with Gasteiger partial charge in [0.2, 0.25) is 0 Å². The largest absolute Gasteiger partial charge is 0.390 e. The number of fused-ring (bicyclic) bond motifs is 5. The minimum Gasteiger partial charge on any atom is -0.390 e. The Labute approximate surface area is 183 Å². The second kappa shape index (κ2) is 7.50. The van der Waals surface area contributed by atoms with Crippen LogP contribution in [0.2, 0.25) is 0 Å². The van der Waals surface area contributed by atoms with Gasteiger partial charge >= 0.3 is 0 Å². The Balaban J connectivity index is 1.30. The average Bonchev–Trinajstić information content (AvgIpc) is 3.30. The van der Waals surface area contributed by atoms with E-state index in [0.717, 1.165) is 55.4 Å². The third-order valence-corrected chi connectivity index (χ3v) is 10.2. The summed E-state index contributed by atoms with van der Waals surface area (Å²) in [5, 5.41) is 15.2. The van der Waals surface area contributed by atoms with Crippen molar-refractivity contribution in [2.24, 2.45) is 40.9 Å². The third-order valence-electron chi connectivity index (χ3n) is 10.2. The van der Waals surface area contributed by atoms with Crippen molar-refractivity contribution < 1.29 is 5.11 Å². The molecule has 4 fully saturated rings. The van der Waals surface area contributed by atoms with Crippen molar-refractivity contribution >= 4 is 0 Å². The molecule has 1 N–H and O–H groups in total. The highest BCUT2D eigenvalue weighted by molar-refractivity contribution is 5.16. The first-order chi connectivity index (χ1) is 14.3. The molecule has 1 aromatic heterocycles. The molecule has 4 aliphatic carbocycles. The Morgan fingerprint density at radius 2 is 1.90 bits per heavy atom. The molecule has 5 rings (SSSR count). The summed E-state index contributed by atoms with van der Waals surface area (Å²) in [6.45, 7) is 12.4. The van der Waals surface area contributed by atoms with Crippen LogP contribution in [0.3, 0.4) is 0 Å². The van der Waals surface area contributed by atoms with Gasteiger partial charge in [-0.15, -0.1) is 0 Å². The zero-order valence-corrected chi connectivity index (χ0v) is 19.4. The van der Waals surface area contributed by atoms with Gasteiger partial charge in [-0.05, 0) is 118 Å². The normalized spacial score (nSPS) is 45.5. The minimum atomic E-state index is -0.405. The van der Waals surface area contributed by atoms with Crippen molar-refractivity contribution in [3.05, 3.63) is 30.1 Å². The Morgan fingerprint density at radius 3 is 2.67 bits per heavy atom. The number of hydrogen-bond donors (Lipinski definition) is 1. The molecule has 1 aromatic rings. The molecule has 30 heavy (non-hydrogen) atoms. The molecule has 0 bridgehead atoms. The molecular formula is C27H42N2O. The second-order valence-corrected chi connectivity index (χ2v) is 11.9. The molecule has 0 amide bonds. The summed E-state index contributed by atoms with van der Waals surface area (Å²) < 4.78 is 2.11. The van der Waals surface area contributed by atoms with Crippen LogP contribution in [-0.4, -0.2) is 20.5 Å². The van der Waals surface area contributed by atoms with Crippen molar-refractivity contribution in [1.29, 1.82) is 0 Å². The molecule has 4 aliphatic rings. The number of allylic oxidation sites excluding steroid dienone is 1.